The summed E-state index contributed by atoms with van der Waals surface area (Å²) in [6.45, 7) is 6.90. The van der Waals surface area contributed by atoms with Gasteiger partial charge in [0.1, 0.15) is 5.10 Å². The van der Waals surface area contributed by atoms with Gasteiger partial charge < -0.3 is 14.5 Å². The predicted molar refractivity (Wildman–Crippen MR) is 101 cm³/mol. The van der Waals surface area contributed by atoms with E-state index >= 15 is 0 Å². The first-order valence-corrected chi connectivity index (χ1v) is 9.02. The summed E-state index contributed by atoms with van der Waals surface area (Å²) in [6.07, 6.45) is 4.67. The van der Waals surface area contributed by atoms with Gasteiger partial charge in [-0.15, -0.1) is 0 Å². The number of guanidine groups is 1. The van der Waals surface area contributed by atoms with E-state index in [1.807, 2.05) is 46.3 Å². The average molecular weight is 379 g/mol. The maximum absolute atomic E-state index is 11.0. The molecule has 0 aromatic heterocycles. The van der Waals surface area contributed by atoms with Crippen LogP contribution in [0.4, 0.5) is 0 Å². The summed E-state index contributed by atoms with van der Waals surface area (Å²) in [4.78, 5) is 14.8. The molecule has 0 bridgehead atoms. The number of hydrogen-bond acceptors (Lipinski definition) is 3. The van der Waals surface area contributed by atoms with Crippen LogP contribution in [0.25, 0.3) is 6.08 Å². The molecule has 1 aromatic carbocycles. The largest absolute Gasteiger partial charge is 0.375 e. The first-order chi connectivity index (χ1) is 12.3. The van der Waals surface area contributed by atoms with E-state index in [9.17, 15) is 10.1 Å². The Kier molecular flexibility index (Phi) is 5.48. The molecule has 0 saturated carbocycles. The van der Waals surface area contributed by atoms with Crippen LogP contribution in [0.3, 0.4) is 0 Å². The lowest BCUT2D eigenvalue weighted by molar-refractivity contribution is -0.486. The molecule has 2 fully saturated rings. The molecule has 140 valence electrons. The van der Waals surface area contributed by atoms with E-state index in [4.69, 9.17) is 16.3 Å². The van der Waals surface area contributed by atoms with Crippen molar-refractivity contribution in [2.45, 2.75) is 25.9 Å². The van der Waals surface area contributed by atoms with Gasteiger partial charge in [0.15, 0.2) is 5.03 Å². The minimum absolute atomic E-state index is 0.126. The highest BCUT2D eigenvalue weighted by Gasteiger charge is 2.36. The summed E-state index contributed by atoms with van der Waals surface area (Å²) in [6, 6.07) is 7.42. The van der Waals surface area contributed by atoms with Crippen molar-refractivity contribution in [3.8, 4) is 0 Å². The van der Waals surface area contributed by atoms with Crippen molar-refractivity contribution >= 4 is 23.6 Å². The molecular weight excluding hydrogens is 356 g/mol. The molecule has 0 aliphatic carbocycles. The van der Waals surface area contributed by atoms with Crippen molar-refractivity contribution < 1.29 is 9.77 Å². The van der Waals surface area contributed by atoms with Crippen LogP contribution in [0.2, 0.25) is 5.02 Å². The van der Waals surface area contributed by atoms with Gasteiger partial charge in [0.25, 0.3) is 5.96 Å². The molecule has 2 aliphatic rings. The van der Waals surface area contributed by atoms with Crippen molar-refractivity contribution in [1.82, 2.24) is 9.80 Å². The number of nitro groups is 1. The molecule has 7 nitrogen and oxygen atoms in total. The second-order valence-electron chi connectivity index (χ2n) is 7.29. The number of benzene rings is 1. The Hall–Kier alpha value is -2.12. The second kappa shape index (κ2) is 7.63. The van der Waals surface area contributed by atoms with Crippen LogP contribution < -0.4 is 0 Å². The fraction of sp³-hybridized carbons (Fsp3) is 0.500. The van der Waals surface area contributed by atoms with E-state index in [1.165, 1.54) is 0 Å². The van der Waals surface area contributed by atoms with Crippen molar-refractivity contribution in [2.24, 2.45) is 11.0 Å². The highest BCUT2D eigenvalue weighted by molar-refractivity contribution is 6.30. The number of ether oxygens (including phenoxy) is 1. The van der Waals surface area contributed by atoms with Gasteiger partial charge in [-0.2, -0.15) is 0 Å². The summed E-state index contributed by atoms with van der Waals surface area (Å²) < 4.78 is 5.78. The molecule has 1 atom stereocenters. The van der Waals surface area contributed by atoms with Crippen LogP contribution >= 0.6 is 11.6 Å². The lowest BCUT2D eigenvalue weighted by Gasteiger charge is -2.22. The molecule has 2 heterocycles. The van der Waals surface area contributed by atoms with Crippen LogP contribution in [-0.2, 0) is 4.74 Å². The molecule has 0 radical (unpaired) electrons. The summed E-state index contributed by atoms with van der Waals surface area (Å²) in [5, 5.41) is 14.7. The highest BCUT2D eigenvalue weighted by Crippen LogP contribution is 2.30. The summed E-state index contributed by atoms with van der Waals surface area (Å²) in [7, 11) is 0. The van der Waals surface area contributed by atoms with Crippen molar-refractivity contribution in [2.75, 3.05) is 26.2 Å². The first-order valence-electron chi connectivity index (χ1n) is 8.65. The van der Waals surface area contributed by atoms with Crippen LogP contribution in [0, 0.1) is 16.0 Å². The topological polar surface area (TPSA) is 71.2 Å². The lowest BCUT2D eigenvalue weighted by Crippen LogP contribution is -2.35. The minimum atomic E-state index is -0.633. The Morgan fingerprint density at radius 3 is 2.73 bits per heavy atom. The quantitative estimate of drug-likeness (QED) is 0.580. The summed E-state index contributed by atoms with van der Waals surface area (Å²) in [5.74, 6) is 0.729. The molecular formula is C18H23ClN4O3. The maximum Gasteiger partial charge on any atom is 0.278 e. The van der Waals surface area contributed by atoms with Crippen LogP contribution in [0.1, 0.15) is 25.8 Å². The summed E-state index contributed by atoms with van der Waals surface area (Å²) >= 11 is 5.89. The molecule has 0 spiro atoms. The minimum Gasteiger partial charge on any atom is -0.375 e. The Balaban J connectivity index is 1.70. The molecule has 0 amide bonds. The van der Waals surface area contributed by atoms with E-state index in [0.717, 1.165) is 12.0 Å². The number of halogens is 1. The number of rotatable bonds is 5. The van der Waals surface area contributed by atoms with Crippen molar-refractivity contribution in [3.63, 3.8) is 0 Å². The van der Waals surface area contributed by atoms with Crippen LogP contribution in [0.5, 0.6) is 0 Å². The van der Waals surface area contributed by atoms with E-state index in [1.54, 1.807) is 0 Å². The number of hydrazone groups is 1. The average Bonchev–Trinajstić information content (AvgIpc) is 3.10. The third-order valence-electron chi connectivity index (χ3n) is 4.61. The van der Waals surface area contributed by atoms with Crippen LogP contribution in [0.15, 0.2) is 35.6 Å². The van der Waals surface area contributed by atoms with Gasteiger partial charge in [-0.25, -0.2) is 10.1 Å². The monoisotopic (exact) mass is 378 g/mol. The molecule has 2 saturated heterocycles. The molecule has 0 N–H and O–H groups in total. The maximum atomic E-state index is 11.0. The standard InChI is InChI=1S/C18H23ClN4O3/c1-18(2)11-15(13-26-18)12-22-10-9-21(17(22)20-23(24)25)8-7-14-3-5-16(19)6-4-14/h3-8,15H,9-13H2,1-2H3. The van der Waals surface area contributed by atoms with Crippen molar-refractivity contribution in [1.29, 1.82) is 0 Å². The molecule has 3 rings (SSSR count). The molecule has 2 aliphatic heterocycles. The lowest BCUT2D eigenvalue weighted by atomic mass is 9.97. The molecule has 8 heteroatoms. The van der Waals surface area contributed by atoms with Crippen molar-refractivity contribution in [3.05, 3.63) is 51.2 Å². The number of hydrogen-bond donors (Lipinski definition) is 0. The van der Waals surface area contributed by atoms with Gasteiger partial charge in [0.05, 0.1) is 12.2 Å². The molecule has 26 heavy (non-hydrogen) atoms. The van der Waals surface area contributed by atoms with E-state index in [-0.39, 0.29) is 5.60 Å². The number of nitrogens with zero attached hydrogens (tertiary/aromatic N) is 4. The Labute approximate surface area is 158 Å². The summed E-state index contributed by atoms with van der Waals surface area (Å²) in [5.41, 5.74) is 0.846. The Morgan fingerprint density at radius 2 is 2.12 bits per heavy atom. The van der Waals surface area contributed by atoms with Gasteiger partial charge in [-0.3, -0.25) is 0 Å². The van der Waals surface area contributed by atoms with Gasteiger partial charge in [0.2, 0.25) is 0 Å². The normalized spacial score (nSPS) is 24.1. The molecule has 1 aromatic rings. The predicted octanol–water partition coefficient (Wildman–Crippen LogP) is 3.29. The van der Waals surface area contributed by atoms with Gasteiger partial charge >= 0.3 is 0 Å². The Bertz CT molecular complexity index is 718. The first kappa shape index (κ1) is 18.7. The third-order valence-corrected chi connectivity index (χ3v) is 4.86. The Morgan fingerprint density at radius 1 is 1.38 bits per heavy atom. The van der Waals surface area contributed by atoms with Gasteiger partial charge in [0, 0.05) is 36.8 Å². The highest BCUT2D eigenvalue weighted by atomic mass is 35.5. The van der Waals surface area contributed by atoms with Crippen LogP contribution in [-0.4, -0.2) is 52.6 Å². The van der Waals surface area contributed by atoms with E-state index < -0.39 is 5.03 Å². The van der Waals surface area contributed by atoms with E-state index in [0.29, 0.717) is 43.1 Å². The SMILES string of the molecule is CC1(C)CC(CN2CCN(C=Cc3ccc(Cl)cc3)C2=N[N+](=O)[O-])CO1. The third kappa shape index (κ3) is 4.74. The fourth-order valence-electron chi connectivity index (χ4n) is 3.45. The smallest absolute Gasteiger partial charge is 0.278 e. The molecule has 1 unspecified atom stereocenters. The fourth-order valence-corrected chi connectivity index (χ4v) is 3.58. The zero-order chi connectivity index (χ0) is 18.7. The van der Waals surface area contributed by atoms with Gasteiger partial charge in [-0.05, 0) is 44.0 Å². The van der Waals surface area contributed by atoms with E-state index in [2.05, 4.69) is 18.9 Å². The second-order valence-corrected chi connectivity index (χ2v) is 7.72. The zero-order valence-corrected chi connectivity index (χ0v) is 15.7. The van der Waals surface area contributed by atoms with Gasteiger partial charge in [-0.1, -0.05) is 23.7 Å². The zero-order valence-electron chi connectivity index (χ0n) is 15.0.